The second kappa shape index (κ2) is 5.28. The average molecular weight is 375 g/mol. The quantitative estimate of drug-likeness (QED) is 0.513. The molecule has 0 atom stereocenters. The van der Waals surface area contributed by atoms with Gasteiger partial charge in [0, 0.05) is 43.3 Å². The van der Waals surface area contributed by atoms with Gasteiger partial charge in [0.1, 0.15) is 0 Å². The molecule has 3 rings (SSSR count). The van der Waals surface area contributed by atoms with Crippen molar-refractivity contribution >= 4 is 50.4 Å². The first kappa shape index (κ1) is 13.2. The van der Waals surface area contributed by atoms with Crippen molar-refractivity contribution in [3.8, 4) is 0 Å². The molecule has 0 radical (unpaired) electrons. The van der Waals surface area contributed by atoms with Crippen LogP contribution in [0.2, 0.25) is 0 Å². The Bertz CT molecular complexity index is 767. The first-order chi connectivity index (χ1) is 9.63. The highest BCUT2D eigenvalue weighted by Gasteiger charge is 2.05. The SMILES string of the molecule is Cc1cc2c(Nc3ccc(I)cc3)ccc(N)c2cn1. The fourth-order valence-corrected chi connectivity index (χ4v) is 2.52. The van der Waals surface area contributed by atoms with E-state index in [1.165, 1.54) is 3.57 Å². The average Bonchev–Trinajstić information content (AvgIpc) is 2.44. The summed E-state index contributed by atoms with van der Waals surface area (Å²) in [5.74, 6) is 0. The highest BCUT2D eigenvalue weighted by atomic mass is 127. The Hall–Kier alpha value is -1.82. The molecule has 3 nitrogen and oxygen atoms in total. The lowest BCUT2D eigenvalue weighted by Crippen LogP contribution is -1.95. The Morgan fingerprint density at radius 3 is 2.55 bits per heavy atom. The molecule has 0 aliphatic heterocycles. The molecule has 0 aliphatic rings. The van der Waals surface area contributed by atoms with E-state index in [0.717, 1.165) is 33.5 Å². The number of nitrogens with two attached hydrogens (primary N) is 1. The molecule has 0 aliphatic carbocycles. The molecule has 0 saturated carbocycles. The van der Waals surface area contributed by atoms with Crippen LogP contribution in [-0.2, 0) is 0 Å². The Morgan fingerprint density at radius 2 is 1.80 bits per heavy atom. The van der Waals surface area contributed by atoms with Crippen LogP contribution in [0.15, 0.2) is 48.7 Å². The second-order valence-corrected chi connectivity index (χ2v) is 5.95. The van der Waals surface area contributed by atoms with Crippen LogP contribution in [0.1, 0.15) is 5.69 Å². The predicted molar refractivity (Wildman–Crippen MR) is 93.3 cm³/mol. The Labute approximate surface area is 131 Å². The topological polar surface area (TPSA) is 50.9 Å². The van der Waals surface area contributed by atoms with Gasteiger partial charge >= 0.3 is 0 Å². The van der Waals surface area contributed by atoms with E-state index >= 15 is 0 Å². The zero-order chi connectivity index (χ0) is 14.1. The van der Waals surface area contributed by atoms with Gasteiger partial charge in [-0.05, 0) is 72.0 Å². The molecule has 0 spiro atoms. The van der Waals surface area contributed by atoms with Crippen molar-refractivity contribution < 1.29 is 0 Å². The zero-order valence-electron chi connectivity index (χ0n) is 11.0. The van der Waals surface area contributed by atoms with Crippen molar-refractivity contribution in [2.75, 3.05) is 11.1 Å². The minimum Gasteiger partial charge on any atom is -0.398 e. The molecule has 100 valence electrons. The molecule has 1 aromatic heterocycles. The third kappa shape index (κ3) is 2.56. The van der Waals surface area contributed by atoms with Gasteiger partial charge in [-0.3, -0.25) is 4.98 Å². The monoisotopic (exact) mass is 375 g/mol. The Morgan fingerprint density at radius 1 is 1.05 bits per heavy atom. The van der Waals surface area contributed by atoms with E-state index in [1.54, 1.807) is 0 Å². The molecule has 1 heterocycles. The predicted octanol–water partition coefficient (Wildman–Crippen LogP) is 4.47. The van der Waals surface area contributed by atoms with Gasteiger partial charge in [0.2, 0.25) is 0 Å². The molecule has 0 unspecified atom stereocenters. The number of fused-ring (bicyclic) bond motifs is 1. The lowest BCUT2D eigenvalue weighted by atomic mass is 10.1. The molecular weight excluding hydrogens is 361 g/mol. The highest BCUT2D eigenvalue weighted by molar-refractivity contribution is 14.1. The summed E-state index contributed by atoms with van der Waals surface area (Å²) in [6.07, 6.45) is 1.83. The van der Waals surface area contributed by atoms with E-state index in [4.69, 9.17) is 5.73 Å². The maximum atomic E-state index is 6.02. The third-order valence-corrected chi connectivity index (χ3v) is 3.91. The molecule has 3 aromatic rings. The van der Waals surface area contributed by atoms with Gasteiger partial charge in [0.25, 0.3) is 0 Å². The summed E-state index contributed by atoms with van der Waals surface area (Å²) >= 11 is 2.30. The number of nitrogen functional groups attached to an aromatic ring is 1. The molecule has 3 N–H and O–H groups in total. The first-order valence-electron chi connectivity index (χ1n) is 6.31. The number of rotatable bonds is 2. The van der Waals surface area contributed by atoms with E-state index < -0.39 is 0 Å². The van der Waals surface area contributed by atoms with Gasteiger partial charge in [-0.15, -0.1) is 0 Å². The van der Waals surface area contributed by atoms with Crippen LogP contribution in [0.5, 0.6) is 0 Å². The first-order valence-corrected chi connectivity index (χ1v) is 7.39. The fourth-order valence-electron chi connectivity index (χ4n) is 2.16. The summed E-state index contributed by atoms with van der Waals surface area (Å²) in [5.41, 5.74) is 9.85. The Balaban J connectivity index is 2.09. The lowest BCUT2D eigenvalue weighted by Gasteiger charge is -2.12. The normalized spacial score (nSPS) is 10.7. The number of nitrogens with zero attached hydrogens (tertiary/aromatic N) is 1. The summed E-state index contributed by atoms with van der Waals surface area (Å²) < 4.78 is 1.22. The summed E-state index contributed by atoms with van der Waals surface area (Å²) in [7, 11) is 0. The molecule has 4 heteroatoms. The molecule has 0 saturated heterocycles. The van der Waals surface area contributed by atoms with Gasteiger partial charge in [0.15, 0.2) is 0 Å². The molecule has 0 fully saturated rings. The van der Waals surface area contributed by atoms with Crippen molar-refractivity contribution in [1.29, 1.82) is 0 Å². The summed E-state index contributed by atoms with van der Waals surface area (Å²) in [6.45, 7) is 1.98. The standard InChI is InChI=1S/C16H14IN3/c1-10-8-13-14(9-19-10)15(18)6-7-16(13)20-12-4-2-11(17)3-5-12/h2-9,20H,18H2,1H3. The van der Waals surface area contributed by atoms with Crippen LogP contribution in [0, 0.1) is 10.5 Å². The number of aromatic nitrogens is 1. The van der Waals surface area contributed by atoms with Crippen LogP contribution in [0.25, 0.3) is 10.8 Å². The molecule has 20 heavy (non-hydrogen) atoms. The number of nitrogens with one attached hydrogen (secondary N) is 1. The summed E-state index contributed by atoms with van der Waals surface area (Å²) in [6, 6.07) is 14.3. The molecular formula is C16H14IN3. The van der Waals surface area contributed by atoms with E-state index in [2.05, 4.69) is 63.2 Å². The van der Waals surface area contributed by atoms with Crippen molar-refractivity contribution in [1.82, 2.24) is 4.98 Å². The largest absolute Gasteiger partial charge is 0.398 e. The molecule has 0 bridgehead atoms. The van der Waals surface area contributed by atoms with Gasteiger partial charge < -0.3 is 11.1 Å². The van der Waals surface area contributed by atoms with Crippen LogP contribution in [-0.4, -0.2) is 4.98 Å². The van der Waals surface area contributed by atoms with Gasteiger partial charge in [-0.2, -0.15) is 0 Å². The van der Waals surface area contributed by atoms with Crippen molar-refractivity contribution in [2.24, 2.45) is 0 Å². The maximum absolute atomic E-state index is 6.02. The number of aryl methyl sites for hydroxylation is 1. The van der Waals surface area contributed by atoms with Crippen LogP contribution >= 0.6 is 22.6 Å². The van der Waals surface area contributed by atoms with Crippen molar-refractivity contribution in [3.63, 3.8) is 0 Å². The smallest absolute Gasteiger partial charge is 0.0466 e. The molecule has 2 aromatic carbocycles. The fraction of sp³-hybridized carbons (Fsp3) is 0.0625. The van der Waals surface area contributed by atoms with Gasteiger partial charge in [-0.25, -0.2) is 0 Å². The highest BCUT2D eigenvalue weighted by Crippen LogP contribution is 2.30. The number of anilines is 3. The van der Waals surface area contributed by atoms with Gasteiger partial charge in [0.05, 0.1) is 0 Å². The third-order valence-electron chi connectivity index (χ3n) is 3.19. The lowest BCUT2D eigenvalue weighted by molar-refractivity contribution is 1.22. The number of pyridine rings is 1. The summed E-state index contributed by atoms with van der Waals surface area (Å²) in [5, 5.41) is 5.51. The minimum absolute atomic E-state index is 0.751. The van der Waals surface area contributed by atoms with Crippen molar-refractivity contribution in [2.45, 2.75) is 6.92 Å². The van der Waals surface area contributed by atoms with Gasteiger partial charge in [-0.1, -0.05) is 0 Å². The number of hydrogen-bond donors (Lipinski definition) is 2. The summed E-state index contributed by atoms with van der Waals surface area (Å²) in [4.78, 5) is 4.32. The molecule has 0 amide bonds. The zero-order valence-corrected chi connectivity index (χ0v) is 13.2. The van der Waals surface area contributed by atoms with Crippen LogP contribution < -0.4 is 11.1 Å². The number of benzene rings is 2. The van der Waals surface area contributed by atoms with E-state index in [9.17, 15) is 0 Å². The minimum atomic E-state index is 0.751. The van der Waals surface area contributed by atoms with E-state index in [1.807, 2.05) is 25.3 Å². The van der Waals surface area contributed by atoms with Crippen LogP contribution in [0.4, 0.5) is 17.1 Å². The van der Waals surface area contributed by atoms with E-state index in [0.29, 0.717) is 0 Å². The van der Waals surface area contributed by atoms with E-state index in [-0.39, 0.29) is 0 Å². The number of halogens is 1. The maximum Gasteiger partial charge on any atom is 0.0466 e. The Kier molecular flexibility index (Phi) is 3.48. The number of hydrogen-bond acceptors (Lipinski definition) is 3. The van der Waals surface area contributed by atoms with Crippen LogP contribution in [0.3, 0.4) is 0 Å². The second-order valence-electron chi connectivity index (χ2n) is 4.71. The van der Waals surface area contributed by atoms with Crippen molar-refractivity contribution in [3.05, 3.63) is 57.9 Å².